The van der Waals surface area contributed by atoms with E-state index in [1.54, 1.807) is 0 Å². The summed E-state index contributed by atoms with van der Waals surface area (Å²) in [6.07, 6.45) is -0.312. The Morgan fingerprint density at radius 3 is 2.77 bits per heavy atom. The van der Waals surface area contributed by atoms with Crippen molar-refractivity contribution in [2.75, 3.05) is 12.3 Å². The molecule has 0 spiro atoms. The Labute approximate surface area is 77.8 Å². The largest absolute Gasteiger partial charge is 0.399 e. The third-order valence-corrected chi connectivity index (χ3v) is 1.96. The molecule has 1 aromatic carbocycles. The van der Waals surface area contributed by atoms with Crippen molar-refractivity contribution in [3.63, 3.8) is 0 Å². The Morgan fingerprint density at radius 1 is 1.46 bits per heavy atom. The highest BCUT2D eigenvalue weighted by Crippen LogP contribution is 2.15. The fourth-order valence-corrected chi connectivity index (χ4v) is 1.23. The highest BCUT2D eigenvalue weighted by Gasteiger charge is 2.06. The minimum Gasteiger partial charge on any atom is -0.399 e. The molecule has 4 N–H and O–H groups in total. The summed E-state index contributed by atoms with van der Waals surface area (Å²) in [6.45, 7) is 1.74. The van der Waals surface area contributed by atoms with E-state index in [1.165, 1.54) is 0 Å². The van der Waals surface area contributed by atoms with Crippen LogP contribution in [-0.4, -0.2) is 22.9 Å². The number of aliphatic hydroxyl groups excluding tert-OH is 2. The number of nitrogens with two attached hydrogens (primary N) is 1. The fourth-order valence-electron chi connectivity index (χ4n) is 1.23. The number of nitrogen functional groups attached to an aromatic ring is 1. The molecule has 0 aliphatic heterocycles. The minimum absolute atomic E-state index is 0.229. The molecular formula is C10H15NO2. The molecule has 3 heteroatoms. The molecule has 1 unspecified atom stereocenters. The maximum Gasteiger partial charge on any atom is 0.0811 e. The lowest BCUT2D eigenvalue weighted by Crippen LogP contribution is -2.16. The van der Waals surface area contributed by atoms with E-state index in [0.29, 0.717) is 12.1 Å². The third kappa shape index (κ3) is 2.72. The molecule has 0 radical (unpaired) electrons. The highest BCUT2D eigenvalue weighted by atomic mass is 16.3. The smallest absolute Gasteiger partial charge is 0.0811 e. The second kappa shape index (κ2) is 4.25. The molecule has 0 aliphatic rings. The topological polar surface area (TPSA) is 66.5 Å². The summed E-state index contributed by atoms with van der Waals surface area (Å²) in [6, 6.07) is 5.66. The Hall–Kier alpha value is -1.06. The van der Waals surface area contributed by atoms with E-state index in [2.05, 4.69) is 0 Å². The van der Waals surface area contributed by atoms with Crippen LogP contribution in [0, 0.1) is 6.92 Å². The van der Waals surface area contributed by atoms with Gasteiger partial charge >= 0.3 is 0 Å². The SMILES string of the molecule is Cc1ccc(N)c(CC(O)CO)c1. The van der Waals surface area contributed by atoms with Gasteiger partial charge in [-0.2, -0.15) is 0 Å². The Kier molecular flexibility index (Phi) is 3.28. The second-order valence-electron chi connectivity index (χ2n) is 3.24. The summed E-state index contributed by atoms with van der Waals surface area (Å²) in [7, 11) is 0. The Morgan fingerprint density at radius 2 is 2.15 bits per heavy atom. The van der Waals surface area contributed by atoms with Crippen molar-refractivity contribution in [2.24, 2.45) is 0 Å². The number of anilines is 1. The fraction of sp³-hybridized carbons (Fsp3) is 0.400. The summed E-state index contributed by atoms with van der Waals surface area (Å²) in [4.78, 5) is 0. The van der Waals surface area contributed by atoms with Crippen molar-refractivity contribution in [3.8, 4) is 0 Å². The maximum absolute atomic E-state index is 9.22. The number of rotatable bonds is 3. The normalized spacial score (nSPS) is 12.8. The number of hydrogen-bond acceptors (Lipinski definition) is 3. The van der Waals surface area contributed by atoms with Gasteiger partial charge in [-0.05, 0) is 18.6 Å². The minimum atomic E-state index is -0.718. The second-order valence-corrected chi connectivity index (χ2v) is 3.24. The molecule has 1 aromatic rings. The van der Waals surface area contributed by atoms with E-state index in [1.807, 2.05) is 25.1 Å². The van der Waals surface area contributed by atoms with Crippen molar-refractivity contribution in [2.45, 2.75) is 19.4 Å². The predicted molar refractivity (Wildman–Crippen MR) is 52.4 cm³/mol. The Bertz CT molecular complexity index is 286. The zero-order valence-electron chi connectivity index (χ0n) is 7.70. The van der Waals surface area contributed by atoms with Crippen molar-refractivity contribution in [1.29, 1.82) is 0 Å². The van der Waals surface area contributed by atoms with E-state index in [0.717, 1.165) is 11.1 Å². The zero-order valence-corrected chi connectivity index (χ0v) is 7.70. The van der Waals surface area contributed by atoms with Gasteiger partial charge in [-0.1, -0.05) is 17.7 Å². The van der Waals surface area contributed by atoms with Crippen LogP contribution in [0.25, 0.3) is 0 Å². The standard InChI is InChI=1S/C10H15NO2/c1-7-2-3-10(11)8(4-7)5-9(13)6-12/h2-4,9,12-13H,5-6,11H2,1H3. The van der Waals surface area contributed by atoms with Crippen LogP contribution in [0.3, 0.4) is 0 Å². The average Bonchev–Trinajstić information content (AvgIpc) is 2.11. The number of hydrogen-bond donors (Lipinski definition) is 3. The molecule has 0 bridgehead atoms. The van der Waals surface area contributed by atoms with Crippen LogP contribution >= 0.6 is 0 Å². The lowest BCUT2D eigenvalue weighted by atomic mass is 10.0. The van der Waals surface area contributed by atoms with Crippen LogP contribution in [0.4, 0.5) is 5.69 Å². The quantitative estimate of drug-likeness (QED) is 0.594. The lowest BCUT2D eigenvalue weighted by Gasteiger charge is -2.10. The van der Waals surface area contributed by atoms with Crippen LogP contribution in [0.2, 0.25) is 0 Å². The van der Waals surface area contributed by atoms with E-state index < -0.39 is 6.10 Å². The van der Waals surface area contributed by atoms with E-state index >= 15 is 0 Å². The summed E-state index contributed by atoms with van der Waals surface area (Å²) in [5.74, 6) is 0. The third-order valence-electron chi connectivity index (χ3n) is 1.96. The summed E-state index contributed by atoms with van der Waals surface area (Å²) < 4.78 is 0. The predicted octanol–water partition coefficient (Wildman–Crippen LogP) is 0.473. The molecule has 0 aliphatic carbocycles. The van der Waals surface area contributed by atoms with E-state index in [4.69, 9.17) is 10.8 Å². The molecule has 0 saturated heterocycles. The van der Waals surface area contributed by atoms with E-state index in [9.17, 15) is 5.11 Å². The van der Waals surface area contributed by atoms with Gasteiger partial charge in [0.15, 0.2) is 0 Å². The van der Waals surface area contributed by atoms with Gasteiger partial charge in [0.1, 0.15) is 0 Å². The van der Waals surface area contributed by atoms with Gasteiger partial charge in [0, 0.05) is 12.1 Å². The van der Waals surface area contributed by atoms with Gasteiger partial charge < -0.3 is 15.9 Å². The van der Waals surface area contributed by atoms with Crippen molar-refractivity contribution < 1.29 is 10.2 Å². The number of benzene rings is 1. The van der Waals surface area contributed by atoms with Crippen molar-refractivity contribution in [3.05, 3.63) is 29.3 Å². The van der Waals surface area contributed by atoms with Gasteiger partial charge in [-0.15, -0.1) is 0 Å². The van der Waals surface area contributed by atoms with Gasteiger partial charge in [0.2, 0.25) is 0 Å². The molecule has 3 nitrogen and oxygen atoms in total. The molecule has 1 atom stereocenters. The van der Waals surface area contributed by atoms with Crippen LogP contribution in [-0.2, 0) is 6.42 Å². The molecule has 0 heterocycles. The summed E-state index contributed by atoms with van der Waals surface area (Å²) >= 11 is 0. The maximum atomic E-state index is 9.22. The van der Waals surface area contributed by atoms with Gasteiger partial charge in [0.05, 0.1) is 12.7 Å². The molecule has 13 heavy (non-hydrogen) atoms. The first kappa shape index (κ1) is 10.0. The molecule has 0 fully saturated rings. The first-order chi connectivity index (χ1) is 6.13. The van der Waals surface area contributed by atoms with Crippen LogP contribution in [0.1, 0.15) is 11.1 Å². The van der Waals surface area contributed by atoms with Crippen molar-refractivity contribution in [1.82, 2.24) is 0 Å². The molecule has 0 aromatic heterocycles. The Balaban J connectivity index is 2.81. The van der Waals surface area contributed by atoms with Crippen LogP contribution in [0.5, 0.6) is 0 Å². The zero-order chi connectivity index (χ0) is 9.84. The summed E-state index contributed by atoms with van der Waals surface area (Å²) in [5.41, 5.74) is 8.36. The molecule has 1 rings (SSSR count). The molecule has 0 saturated carbocycles. The monoisotopic (exact) mass is 181 g/mol. The van der Waals surface area contributed by atoms with Crippen molar-refractivity contribution >= 4 is 5.69 Å². The van der Waals surface area contributed by atoms with Crippen LogP contribution in [0.15, 0.2) is 18.2 Å². The van der Waals surface area contributed by atoms with Gasteiger partial charge in [0.25, 0.3) is 0 Å². The molecular weight excluding hydrogens is 166 g/mol. The summed E-state index contributed by atoms with van der Waals surface area (Å²) in [5, 5.41) is 17.9. The van der Waals surface area contributed by atoms with Gasteiger partial charge in [-0.25, -0.2) is 0 Å². The highest BCUT2D eigenvalue weighted by molar-refractivity contribution is 5.48. The van der Waals surface area contributed by atoms with Gasteiger partial charge in [-0.3, -0.25) is 0 Å². The molecule has 0 amide bonds. The van der Waals surface area contributed by atoms with E-state index in [-0.39, 0.29) is 6.61 Å². The van der Waals surface area contributed by atoms with Crippen LogP contribution < -0.4 is 5.73 Å². The number of aliphatic hydroxyl groups is 2. The first-order valence-corrected chi connectivity index (χ1v) is 4.27. The number of aryl methyl sites for hydroxylation is 1. The lowest BCUT2D eigenvalue weighted by molar-refractivity contribution is 0.0956. The average molecular weight is 181 g/mol. The molecule has 72 valence electrons. The first-order valence-electron chi connectivity index (χ1n) is 4.27.